The van der Waals surface area contributed by atoms with E-state index in [0.717, 1.165) is 47.6 Å². The van der Waals surface area contributed by atoms with Crippen LogP contribution in [0.5, 0.6) is 5.75 Å². The van der Waals surface area contributed by atoms with Gasteiger partial charge in [0.15, 0.2) is 0 Å². The van der Waals surface area contributed by atoms with Gasteiger partial charge in [0.2, 0.25) is 5.91 Å². The maximum atomic E-state index is 12.5. The summed E-state index contributed by atoms with van der Waals surface area (Å²) in [5, 5.41) is 2.98. The smallest absolute Gasteiger partial charge is 0.240 e. The Bertz CT molecular complexity index is 961. The summed E-state index contributed by atoms with van der Waals surface area (Å²) < 4.78 is 13.5. The van der Waals surface area contributed by atoms with Gasteiger partial charge in [0, 0.05) is 13.2 Å². The van der Waals surface area contributed by atoms with E-state index in [9.17, 15) is 4.79 Å². The minimum absolute atomic E-state index is 0.0456. The molecule has 6 nitrogen and oxygen atoms in total. The Kier molecular flexibility index (Phi) is 5.58. The Morgan fingerprint density at radius 2 is 2.07 bits per heavy atom. The van der Waals surface area contributed by atoms with E-state index in [0.29, 0.717) is 13.2 Å². The number of hydrogen-bond donors (Lipinski definition) is 1. The Balaban J connectivity index is 1.49. The van der Waals surface area contributed by atoms with Crippen molar-refractivity contribution in [3.05, 3.63) is 59.9 Å². The van der Waals surface area contributed by atoms with E-state index in [2.05, 4.69) is 10.3 Å². The van der Waals surface area contributed by atoms with E-state index >= 15 is 0 Å². The second-order valence-corrected chi connectivity index (χ2v) is 7.10. The van der Waals surface area contributed by atoms with Gasteiger partial charge < -0.3 is 19.4 Å². The number of para-hydroxylation sites is 3. The fourth-order valence-electron chi connectivity index (χ4n) is 3.51. The molecule has 0 radical (unpaired) electrons. The predicted molar refractivity (Wildman–Crippen MR) is 107 cm³/mol. The molecule has 1 aromatic heterocycles. The number of nitrogens with zero attached hydrogens (tertiary/aromatic N) is 2. The molecule has 1 aliphatic heterocycles. The summed E-state index contributed by atoms with van der Waals surface area (Å²) in [5.41, 5.74) is 2.86. The van der Waals surface area contributed by atoms with E-state index in [-0.39, 0.29) is 18.6 Å². The van der Waals surface area contributed by atoms with Crippen LogP contribution in [0, 0.1) is 6.92 Å². The third-order valence-corrected chi connectivity index (χ3v) is 5.04. The Morgan fingerprint density at radius 1 is 1.25 bits per heavy atom. The van der Waals surface area contributed by atoms with Crippen molar-refractivity contribution >= 4 is 16.9 Å². The van der Waals surface area contributed by atoms with Crippen LogP contribution < -0.4 is 10.1 Å². The van der Waals surface area contributed by atoms with Gasteiger partial charge in [0.1, 0.15) is 24.7 Å². The lowest BCUT2D eigenvalue weighted by molar-refractivity contribution is -0.122. The fraction of sp³-hybridized carbons (Fsp3) is 0.364. The number of carbonyl (C=O) groups excluding carboxylic acids is 1. The Hall–Kier alpha value is -2.86. The van der Waals surface area contributed by atoms with Gasteiger partial charge in [-0.1, -0.05) is 30.3 Å². The van der Waals surface area contributed by atoms with Crippen LogP contribution in [0.4, 0.5) is 0 Å². The summed E-state index contributed by atoms with van der Waals surface area (Å²) in [5.74, 6) is 1.51. The highest BCUT2D eigenvalue weighted by atomic mass is 16.5. The molecule has 146 valence electrons. The number of amides is 1. The molecule has 0 spiro atoms. The molecule has 1 aliphatic rings. The molecule has 2 heterocycles. The SMILES string of the molecule is Cc1ccccc1OCc1nc2ccccc2n1CC(=O)NCC1CCCO1. The van der Waals surface area contributed by atoms with Gasteiger partial charge in [-0.05, 0) is 43.5 Å². The fourth-order valence-corrected chi connectivity index (χ4v) is 3.51. The number of hydrogen-bond acceptors (Lipinski definition) is 4. The first-order valence-electron chi connectivity index (χ1n) is 9.71. The number of rotatable bonds is 7. The van der Waals surface area contributed by atoms with Crippen LogP contribution in [0.2, 0.25) is 0 Å². The van der Waals surface area contributed by atoms with Crippen molar-refractivity contribution in [3.8, 4) is 5.75 Å². The van der Waals surface area contributed by atoms with E-state index in [4.69, 9.17) is 9.47 Å². The Labute approximate surface area is 164 Å². The highest BCUT2D eigenvalue weighted by Crippen LogP contribution is 2.20. The summed E-state index contributed by atoms with van der Waals surface area (Å²) in [6.07, 6.45) is 2.20. The largest absolute Gasteiger partial charge is 0.485 e. The topological polar surface area (TPSA) is 65.4 Å². The Morgan fingerprint density at radius 3 is 2.89 bits per heavy atom. The van der Waals surface area contributed by atoms with E-state index in [1.807, 2.05) is 60.0 Å². The molecule has 1 unspecified atom stereocenters. The summed E-state index contributed by atoms with van der Waals surface area (Å²) in [6.45, 7) is 3.86. The number of fused-ring (bicyclic) bond motifs is 1. The van der Waals surface area contributed by atoms with Gasteiger partial charge in [-0.25, -0.2) is 4.98 Å². The van der Waals surface area contributed by atoms with E-state index in [1.54, 1.807) is 0 Å². The van der Waals surface area contributed by atoms with Crippen molar-refractivity contribution < 1.29 is 14.3 Å². The average Bonchev–Trinajstić information content (AvgIpc) is 3.34. The molecule has 0 saturated carbocycles. The van der Waals surface area contributed by atoms with Gasteiger partial charge in [-0.15, -0.1) is 0 Å². The number of ether oxygens (including phenoxy) is 2. The van der Waals surface area contributed by atoms with Gasteiger partial charge in [0.25, 0.3) is 0 Å². The molecular weight excluding hydrogens is 354 g/mol. The molecule has 28 heavy (non-hydrogen) atoms. The second kappa shape index (κ2) is 8.44. The first-order valence-corrected chi connectivity index (χ1v) is 9.71. The monoisotopic (exact) mass is 379 g/mol. The van der Waals surface area contributed by atoms with Crippen LogP contribution in [-0.2, 0) is 22.7 Å². The van der Waals surface area contributed by atoms with Crippen molar-refractivity contribution in [3.63, 3.8) is 0 Å². The quantitative estimate of drug-likeness (QED) is 0.685. The number of aryl methyl sites for hydroxylation is 1. The van der Waals surface area contributed by atoms with Gasteiger partial charge in [0.05, 0.1) is 17.1 Å². The molecule has 0 aliphatic carbocycles. The van der Waals surface area contributed by atoms with Crippen molar-refractivity contribution in [2.24, 2.45) is 0 Å². The summed E-state index contributed by atoms with van der Waals surface area (Å²) in [7, 11) is 0. The van der Waals surface area contributed by atoms with Crippen LogP contribution >= 0.6 is 0 Å². The highest BCUT2D eigenvalue weighted by Gasteiger charge is 2.18. The summed E-state index contributed by atoms with van der Waals surface area (Å²) >= 11 is 0. The van der Waals surface area contributed by atoms with Crippen molar-refractivity contribution in [1.29, 1.82) is 0 Å². The number of imidazole rings is 1. The number of benzene rings is 2. The zero-order valence-electron chi connectivity index (χ0n) is 16.1. The molecule has 2 aromatic carbocycles. The van der Waals surface area contributed by atoms with Crippen LogP contribution in [0.15, 0.2) is 48.5 Å². The highest BCUT2D eigenvalue weighted by molar-refractivity contribution is 5.81. The maximum absolute atomic E-state index is 12.5. The lowest BCUT2D eigenvalue weighted by Gasteiger charge is -2.13. The van der Waals surface area contributed by atoms with Crippen LogP contribution in [-0.4, -0.2) is 34.7 Å². The third-order valence-electron chi connectivity index (χ3n) is 5.04. The zero-order chi connectivity index (χ0) is 19.3. The van der Waals surface area contributed by atoms with E-state index < -0.39 is 0 Å². The molecule has 1 saturated heterocycles. The first kappa shape index (κ1) is 18.5. The molecule has 0 bridgehead atoms. The number of aromatic nitrogens is 2. The molecule has 4 rings (SSSR count). The average molecular weight is 379 g/mol. The van der Waals surface area contributed by atoms with Crippen LogP contribution in [0.1, 0.15) is 24.2 Å². The zero-order valence-corrected chi connectivity index (χ0v) is 16.1. The van der Waals surface area contributed by atoms with E-state index in [1.165, 1.54) is 0 Å². The predicted octanol–water partition coefficient (Wildman–Crippen LogP) is 3.22. The minimum Gasteiger partial charge on any atom is -0.485 e. The van der Waals surface area contributed by atoms with Crippen LogP contribution in [0.3, 0.4) is 0 Å². The second-order valence-electron chi connectivity index (χ2n) is 7.10. The van der Waals surface area contributed by atoms with Crippen molar-refractivity contribution in [2.45, 2.75) is 39.0 Å². The molecular formula is C22H25N3O3. The lowest BCUT2D eigenvalue weighted by Crippen LogP contribution is -2.34. The molecule has 1 amide bonds. The molecule has 6 heteroatoms. The normalized spacial score (nSPS) is 16.4. The summed E-state index contributed by atoms with van der Waals surface area (Å²) in [6, 6.07) is 15.7. The maximum Gasteiger partial charge on any atom is 0.240 e. The number of nitrogens with one attached hydrogen (secondary N) is 1. The van der Waals surface area contributed by atoms with Gasteiger partial charge in [-0.2, -0.15) is 0 Å². The molecule has 1 atom stereocenters. The molecule has 1 fully saturated rings. The van der Waals surface area contributed by atoms with Crippen LogP contribution in [0.25, 0.3) is 11.0 Å². The lowest BCUT2D eigenvalue weighted by atomic mass is 10.2. The molecule has 1 N–H and O–H groups in total. The standard InChI is InChI=1S/C22H25N3O3/c1-16-7-2-5-11-20(16)28-15-21-24-18-9-3-4-10-19(18)25(21)14-22(26)23-13-17-8-6-12-27-17/h2-5,7,9-11,17H,6,8,12-15H2,1H3,(H,23,26). The minimum atomic E-state index is -0.0456. The first-order chi connectivity index (χ1) is 13.7. The molecule has 3 aromatic rings. The van der Waals surface area contributed by atoms with Crippen molar-refractivity contribution in [2.75, 3.05) is 13.2 Å². The summed E-state index contributed by atoms with van der Waals surface area (Å²) in [4.78, 5) is 17.2. The number of carbonyl (C=O) groups is 1. The van der Waals surface area contributed by atoms with Gasteiger partial charge >= 0.3 is 0 Å². The third kappa shape index (κ3) is 4.17. The van der Waals surface area contributed by atoms with Gasteiger partial charge in [-0.3, -0.25) is 4.79 Å². The van der Waals surface area contributed by atoms with Crippen molar-refractivity contribution in [1.82, 2.24) is 14.9 Å².